The van der Waals surface area contributed by atoms with Crippen molar-refractivity contribution in [2.75, 3.05) is 18.9 Å². The summed E-state index contributed by atoms with van der Waals surface area (Å²) in [4.78, 5) is 18.4. The number of hydrogen-bond acceptors (Lipinski definition) is 3. The monoisotopic (exact) mass is 375 g/mol. The van der Waals surface area contributed by atoms with Gasteiger partial charge in [-0.2, -0.15) is 0 Å². The Kier molecular flexibility index (Phi) is 6.87. The van der Waals surface area contributed by atoms with Gasteiger partial charge in [0.25, 0.3) is 0 Å². The van der Waals surface area contributed by atoms with Crippen molar-refractivity contribution in [3.63, 3.8) is 0 Å². The molecule has 2 aromatic carbocycles. The van der Waals surface area contributed by atoms with E-state index < -0.39 is 17.7 Å². The Hall–Kier alpha value is -2.96. The molecule has 0 saturated heterocycles. The average Bonchev–Trinajstić information content (AvgIpc) is 2.64. The summed E-state index contributed by atoms with van der Waals surface area (Å²) in [6.07, 6.45) is 1.08. The summed E-state index contributed by atoms with van der Waals surface area (Å²) in [6, 6.07) is 7.04. The predicted octanol–water partition coefficient (Wildman–Crippen LogP) is 4.94. The van der Waals surface area contributed by atoms with Crippen LogP contribution in [0.2, 0.25) is 0 Å². The van der Waals surface area contributed by atoms with E-state index in [1.54, 1.807) is 6.34 Å². The fourth-order valence-corrected chi connectivity index (χ4v) is 2.24. The van der Waals surface area contributed by atoms with E-state index in [1.807, 2.05) is 44.9 Å². The molecule has 0 aromatic heterocycles. The maximum Gasteiger partial charge on any atom is 0.411 e. The Morgan fingerprint density at radius 3 is 2.59 bits per heavy atom. The smallest absolute Gasteiger partial charge is 0.411 e. The van der Waals surface area contributed by atoms with E-state index >= 15 is 0 Å². The number of hydrogen-bond donors (Lipinski definition) is 1. The van der Waals surface area contributed by atoms with Gasteiger partial charge in [0.15, 0.2) is 11.6 Å². The lowest BCUT2D eigenvalue weighted by Crippen LogP contribution is -2.15. The molecule has 5 nitrogen and oxygen atoms in total. The predicted molar refractivity (Wildman–Crippen MR) is 103 cm³/mol. The molecule has 1 amide bonds. The quantitative estimate of drug-likeness (QED) is 0.575. The first-order valence-corrected chi connectivity index (χ1v) is 8.53. The number of aliphatic imine (C=N–C) groups is 1. The maximum absolute atomic E-state index is 13.2. The third kappa shape index (κ3) is 5.77. The van der Waals surface area contributed by atoms with Gasteiger partial charge in [-0.05, 0) is 61.7 Å². The van der Waals surface area contributed by atoms with Gasteiger partial charge in [-0.15, -0.1) is 0 Å². The number of carbonyl (C=O) groups excluding carboxylic acids is 1. The first-order chi connectivity index (χ1) is 12.8. The van der Waals surface area contributed by atoms with Crippen LogP contribution in [0.1, 0.15) is 23.6 Å². The largest absolute Gasteiger partial charge is 0.444 e. The van der Waals surface area contributed by atoms with E-state index in [1.165, 1.54) is 6.07 Å². The van der Waals surface area contributed by atoms with E-state index in [4.69, 9.17) is 4.74 Å². The van der Waals surface area contributed by atoms with Crippen LogP contribution in [-0.4, -0.2) is 30.9 Å². The molecule has 0 unspecified atom stereocenters. The Balaban J connectivity index is 2.01. The molecule has 0 atom stereocenters. The lowest BCUT2D eigenvalue weighted by Gasteiger charge is -2.13. The second-order valence-electron chi connectivity index (χ2n) is 6.22. The van der Waals surface area contributed by atoms with Crippen LogP contribution in [0.5, 0.6) is 0 Å². The standard InChI is InChI=1S/C20H23F2N3O2/c1-5-25(4)12-23-18-8-14(3)19(9-13(18)2)24-20(26)27-11-15-6-7-16(21)17(22)10-15/h6-10,12H,5,11H2,1-4H3,(H,24,26). The molecule has 0 spiro atoms. The molecule has 0 saturated carbocycles. The van der Waals surface area contributed by atoms with Crippen LogP contribution in [-0.2, 0) is 11.3 Å². The highest BCUT2D eigenvalue weighted by molar-refractivity contribution is 5.86. The highest BCUT2D eigenvalue weighted by atomic mass is 19.2. The minimum Gasteiger partial charge on any atom is -0.444 e. The molecule has 0 aliphatic rings. The van der Waals surface area contributed by atoms with Crippen LogP contribution < -0.4 is 5.32 Å². The van der Waals surface area contributed by atoms with Crippen molar-refractivity contribution in [3.05, 3.63) is 58.7 Å². The van der Waals surface area contributed by atoms with Gasteiger partial charge in [0.2, 0.25) is 0 Å². The molecule has 2 rings (SSSR count). The van der Waals surface area contributed by atoms with Gasteiger partial charge in [-0.3, -0.25) is 5.32 Å². The summed E-state index contributed by atoms with van der Waals surface area (Å²) < 4.78 is 31.2. The summed E-state index contributed by atoms with van der Waals surface area (Å²) >= 11 is 0. The fourth-order valence-electron chi connectivity index (χ4n) is 2.24. The molecule has 0 heterocycles. The number of nitrogens with zero attached hydrogens (tertiary/aromatic N) is 2. The Morgan fingerprint density at radius 1 is 1.19 bits per heavy atom. The summed E-state index contributed by atoms with van der Waals surface area (Å²) in [6.45, 7) is 6.48. The molecule has 0 aliphatic carbocycles. The topological polar surface area (TPSA) is 53.9 Å². The molecule has 27 heavy (non-hydrogen) atoms. The van der Waals surface area contributed by atoms with Crippen molar-refractivity contribution in [1.82, 2.24) is 4.90 Å². The van der Waals surface area contributed by atoms with Crippen LogP contribution in [0.25, 0.3) is 0 Å². The van der Waals surface area contributed by atoms with E-state index in [2.05, 4.69) is 10.3 Å². The molecule has 0 aliphatic heterocycles. The summed E-state index contributed by atoms with van der Waals surface area (Å²) in [5, 5.41) is 2.66. The van der Waals surface area contributed by atoms with Gasteiger partial charge in [0.05, 0.1) is 12.0 Å². The Labute approximate surface area is 157 Å². The minimum atomic E-state index is -0.979. The highest BCUT2D eigenvalue weighted by Crippen LogP contribution is 2.26. The molecule has 0 radical (unpaired) electrons. The molecule has 2 aromatic rings. The number of rotatable bonds is 6. The summed E-state index contributed by atoms with van der Waals surface area (Å²) in [5.74, 6) is -1.92. The molecule has 144 valence electrons. The van der Waals surface area contributed by atoms with Crippen LogP contribution >= 0.6 is 0 Å². The van der Waals surface area contributed by atoms with Gasteiger partial charge >= 0.3 is 6.09 Å². The zero-order chi connectivity index (χ0) is 20.0. The molecular weight excluding hydrogens is 352 g/mol. The molecule has 0 fully saturated rings. The normalized spacial score (nSPS) is 10.9. The number of nitrogens with one attached hydrogen (secondary N) is 1. The third-order valence-electron chi connectivity index (χ3n) is 4.03. The molecular formula is C20H23F2N3O2. The number of amides is 1. The van der Waals surface area contributed by atoms with Crippen molar-refractivity contribution >= 4 is 23.8 Å². The van der Waals surface area contributed by atoms with Crippen LogP contribution in [0, 0.1) is 25.5 Å². The first-order valence-electron chi connectivity index (χ1n) is 8.53. The van der Waals surface area contributed by atoms with Gasteiger partial charge in [-0.1, -0.05) is 6.07 Å². The highest BCUT2D eigenvalue weighted by Gasteiger charge is 2.10. The van der Waals surface area contributed by atoms with E-state index in [-0.39, 0.29) is 6.61 Å². The average molecular weight is 375 g/mol. The second-order valence-corrected chi connectivity index (χ2v) is 6.22. The molecule has 1 N–H and O–H groups in total. The zero-order valence-corrected chi connectivity index (χ0v) is 15.8. The van der Waals surface area contributed by atoms with Crippen molar-refractivity contribution in [2.24, 2.45) is 4.99 Å². The van der Waals surface area contributed by atoms with E-state index in [9.17, 15) is 13.6 Å². The van der Waals surface area contributed by atoms with Crippen LogP contribution in [0.15, 0.2) is 35.3 Å². The zero-order valence-electron chi connectivity index (χ0n) is 15.8. The lowest BCUT2D eigenvalue weighted by atomic mass is 10.1. The Bertz CT molecular complexity index is 853. The molecule has 0 bridgehead atoms. The van der Waals surface area contributed by atoms with Gasteiger partial charge in [0, 0.05) is 19.3 Å². The van der Waals surface area contributed by atoms with Crippen molar-refractivity contribution in [1.29, 1.82) is 0 Å². The minimum absolute atomic E-state index is 0.160. The fraction of sp³-hybridized carbons (Fsp3) is 0.300. The first kappa shape index (κ1) is 20.4. The van der Waals surface area contributed by atoms with E-state index in [0.29, 0.717) is 11.3 Å². The van der Waals surface area contributed by atoms with Gasteiger partial charge < -0.3 is 9.64 Å². The van der Waals surface area contributed by atoms with Gasteiger partial charge in [0.1, 0.15) is 6.61 Å². The number of halogens is 2. The van der Waals surface area contributed by atoms with Crippen molar-refractivity contribution in [2.45, 2.75) is 27.4 Å². The van der Waals surface area contributed by atoms with Crippen LogP contribution in [0.3, 0.4) is 0 Å². The third-order valence-corrected chi connectivity index (χ3v) is 4.03. The van der Waals surface area contributed by atoms with E-state index in [0.717, 1.165) is 35.5 Å². The van der Waals surface area contributed by atoms with Crippen molar-refractivity contribution in [3.8, 4) is 0 Å². The number of benzene rings is 2. The van der Waals surface area contributed by atoms with Crippen LogP contribution in [0.4, 0.5) is 25.0 Å². The number of aryl methyl sites for hydroxylation is 2. The maximum atomic E-state index is 13.2. The Morgan fingerprint density at radius 2 is 1.93 bits per heavy atom. The van der Waals surface area contributed by atoms with Crippen molar-refractivity contribution < 1.29 is 18.3 Å². The summed E-state index contributed by atoms with van der Waals surface area (Å²) in [5.41, 5.74) is 3.51. The number of ether oxygens (including phenoxy) is 1. The number of carbonyl (C=O) groups is 1. The SMILES string of the molecule is CCN(C)C=Nc1cc(C)c(NC(=O)OCc2ccc(F)c(F)c2)cc1C. The van der Waals surface area contributed by atoms with Gasteiger partial charge in [-0.25, -0.2) is 18.6 Å². The second kappa shape index (κ2) is 9.12. The lowest BCUT2D eigenvalue weighted by molar-refractivity contribution is 0.155. The number of anilines is 1. The molecule has 7 heteroatoms. The summed E-state index contributed by atoms with van der Waals surface area (Å²) in [7, 11) is 1.94.